The maximum atomic E-state index is 15.9. The van der Waals surface area contributed by atoms with Crippen LogP contribution in [0.2, 0.25) is 0 Å². The number of carboxylic acids is 1. The highest BCUT2D eigenvalue weighted by Gasteiger charge is 2.47. The molecule has 3 fully saturated rings. The predicted octanol–water partition coefficient (Wildman–Crippen LogP) is -3.07. The van der Waals surface area contributed by atoms with Crippen LogP contribution in [0, 0.1) is 5.92 Å². The Bertz CT molecular complexity index is 5420. The molecule has 0 unspecified atom stereocenters. The average molecular weight is 1950 g/mol. The van der Waals surface area contributed by atoms with Crippen LogP contribution in [0.25, 0.3) is 21.8 Å². The number of benzene rings is 3. The zero-order valence-electron chi connectivity index (χ0n) is 79.2. The van der Waals surface area contributed by atoms with Crippen LogP contribution in [-0.2, 0) is 123 Å². The number of amides is 18. The van der Waals surface area contributed by atoms with Crippen molar-refractivity contribution in [1.29, 1.82) is 0 Å². The van der Waals surface area contributed by atoms with Gasteiger partial charge in [-0.3, -0.25) is 91.1 Å². The second kappa shape index (κ2) is 51.4. The molecular weight excluding hydrogens is 1830 g/mol. The Balaban J connectivity index is 1.12. The van der Waals surface area contributed by atoms with Crippen molar-refractivity contribution in [2.45, 2.75) is 241 Å². The number of para-hydroxylation sites is 2. The molecule has 3 saturated heterocycles. The van der Waals surface area contributed by atoms with E-state index >= 15 is 38.4 Å². The third kappa shape index (κ3) is 30.0. The third-order valence-corrected chi connectivity index (χ3v) is 25.8. The molecule has 3 aromatic heterocycles. The van der Waals surface area contributed by atoms with Gasteiger partial charge in [-0.15, -0.1) is 11.8 Å². The van der Waals surface area contributed by atoms with Gasteiger partial charge in [-0.2, -0.15) is 0 Å². The number of H-pyrrole nitrogens is 2. The number of hydrogen-bond acceptors (Lipinski definition) is 24. The lowest BCUT2D eigenvalue weighted by molar-refractivity contribution is -0.149. The van der Waals surface area contributed by atoms with Crippen molar-refractivity contribution in [3.63, 3.8) is 0 Å². The number of aromatic nitrogens is 4. The van der Waals surface area contributed by atoms with Gasteiger partial charge in [-0.1, -0.05) is 102 Å². The van der Waals surface area contributed by atoms with Crippen LogP contribution < -0.4 is 75.1 Å². The quantitative estimate of drug-likeness (QED) is 0.0232. The second-order valence-corrected chi connectivity index (χ2v) is 36.5. The highest BCUT2D eigenvalue weighted by Crippen LogP contribution is 2.29. The Hall–Kier alpha value is -14.1. The molecule has 139 heavy (non-hydrogen) atoms. The SMILES string of the molecule is CCCC[C@H]1C(=O)N(C)[C@@H](CCCC)C(=O)N[C@@H](CC(C)C)C(=O)N[C@H](C(=O)NCC(N)=O)CSCC(=O)N[C@@H](Cc2ccc(OC)cc2)C(=O)N(C)[C@@H](C)C(=O)N[C@@H](CC(N)=O)C(=O)N2CCC[C@H]2C(=O)N[C@@H](Cc2c[nH]cn2)C(=O)N[C@@H](CCC(N)=O)C(=O)N2C[C@H](O)C[C@H]2C(=O)N[C@@H](Cc2c[nH]c3ccccc23)C(=O)N[C@@H](CO)C(=O)N[C@@H](Cc2cn(CC(=O)O)c3ccccc23)C(=O)N1C. The number of likely N-dealkylation sites (N-methyl/N-ethyl adjacent to an activating group) is 3. The number of fused-ring (bicyclic) bond motifs is 4. The number of methoxy groups -OCH3 is 1. The predicted molar refractivity (Wildman–Crippen MR) is 505 cm³/mol. The van der Waals surface area contributed by atoms with Crippen LogP contribution in [0.1, 0.15) is 140 Å². The largest absolute Gasteiger partial charge is 0.497 e. The van der Waals surface area contributed by atoms with Crippen LogP contribution in [0.5, 0.6) is 5.75 Å². The number of nitrogens with one attached hydrogen (secondary N) is 12. The number of ether oxygens (including phenoxy) is 1. The first-order valence-corrected chi connectivity index (χ1v) is 47.4. The van der Waals surface area contributed by atoms with Crippen molar-refractivity contribution in [3.8, 4) is 5.75 Å². The van der Waals surface area contributed by atoms with Crippen molar-refractivity contribution >= 4 is 146 Å². The number of carbonyl (C=O) groups excluding carboxylic acids is 18. The number of primary amides is 3. The number of aliphatic hydroxyl groups excluding tert-OH is 2. The summed E-state index contributed by atoms with van der Waals surface area (Å²) in [5.74, 6) is -19.9. The smallest absolute Gasteiger partial charge is 0.323 e. The summed E-state index contributed by atoms with van der Waals surface area (Å²) in [6.45, 7) is 5.19. The second-order valence-electron chi connectivity index (χ2n) is 35.5. The highest BCUT2D eigenvalue weighted by molar-refractivity contribution is 8.00. The Morgan fingerprint density at radius 2 is 1.15 bits per heavy atom. The van der Waals surface area contributed by atoms with Crippen molar-refractivity contribution in [2.24, 2.45) is 23.1 Å². The number of carboxylic acid groups (broad SMARTS) is 1. The summed E-state index contributed by atoms with van der Waals surface area (Å²) in [4.78, 5) is 291. The van der Waals surface area contributed by atoms with Gasteiger partial charge in [0.2, 0.25) is 106 Å². The summed E-state index contributed by atoms with van der Waals surface area (Å²) >= 11 is 0.787. The minimum Gasteiger partial charge on any atom is -0.497 e. The van der Waals surface area contributed by atoms with E-state index in [9.17, 15) is 68.1 Å². The molecular formula is C93H128N22O23S. The molecule has 9 rings (SSSR count). The minimum atomic E-state index is -1.99. The van der Waals surface area contributed by atoms with E-state index in [0.717, 1.165) is 36.3 Å². The summed E-state index contributed by atoms with van der Waals surface area (Å²) in [7, 11) is 5.28. The number of aliphatic carboxylic acids is 1. The van der Waals surface area contributed by atoms with E-state index in [1.807, 2.05) is 13.8 Å². The summed E-state index contributed by atoms with van der Waals surface area (Å²) in [5, 5.41) is 60.0. The van der Waals surface area contributed by atoms with Gasteiger partial charge in [0, 0.05) is 119 Å². The van der Waals surface area contributed by atoms with E-state index in [1.54, 1.807) is 92.8 Å². The first-order chi connectivity index (χ1) is 66.1. The normalized spacial score (nSPS) is 24.4. The lowest BCUT2D eigenvalue weighted by Crippen LogP contribution is -2.62. The van der Waals surface area contributed by atoms with Crippen LogP contribution >= 0.6 is 11.8 Å². The third-order valence-electron chi connectivity index (χ3n) is 24.7. The fourth-order valence-electron chi connectivity index (χ4n) is 17.1. The highest BCUT2D eigenvalue weighted by atomic mass is 32.2. The lowest BCUT2D eigenvalue weighted by atomic mass is 9.99. The van der Waals surface area contributed by atoms with Crippen molar-refractivity contribution in [3.05, 3.63) is 120 Å². The van der Waals surface area contributed by atoms with E-state index in [-0.39, 0.29) is 69.5 Å². The molecule has 15 atom stereocenters. The Morgan fingerprint density at radius 3 is 1.78 bits per heavy atom. The number of nitrogens with two attached hydrogens (primary N) is 3. The number of rotatable bonds is 28. The van der Waals surface area contributed by atoms with Gasteiger partial charge in [0.25, 0.3) is 0 Å². The fourth-order valence-corrected chi connectivity index (χ4v) is 18.0. The van der Waals surface area contributed by atoms with Gasteiger partial charge in [0.15, 0.2) is 0 Å². The molecule has 0 aliphatic carbocycles. The molecule has 754 valence electrons. The zero-order valence-corrected chi connectivity index (χ0v) is 80.0. The molecule has 3 aromatic carbocycles. The van der Waals surface area contributed by atoms with Crippen LogP contribution in [0.15, 0.2) is 97.7 Å². The van der Waals surface area contributed by atoms with Crippen LogP contribution in [-0.4, -0.2) is 328 Å². The zero-order chi connectivity index (χ0) is 102. The molecule has 6 heterocycles. The van der Waals surface area contributed by atoms with Gasteiger partial charge >= 0.3 is 5.97 Å². The molecule has 3 aliphatic heterocycles. The van der Waals surface area contributed by atoms with Gasteiger partial charge < -0.3 is 129 Å². The molecule has 3 aliphatic rings. The number of imidazole rings is 1. The summed E-state index contributed by atoms with van der Waals surface area (Å²) in [6.07, 6.45) is 1.68. The number of aromatic amines is 2. The minimum absolute atomic E-state index is 0.0202. The summed E-state index contributed by atoms with van der Waals surface area (Å²) < 4.78 is 6.75. The van der Waals surface area contributed by atoms with Crippen molar-refractivity contribution in [1.82, 2.24) is 97.2 Å². The number of nitrogens with zero attached hydrogens (tertiary/aromatic N) is 7. The number of thioether (sulfide) groups is 1. The number of aliphatic hydroxyl groups is 2. The Kier molecular flexibility index (Phi) is 40.2. The van der Waals surface area contributed by atoms with E-state index in [4.69, 9.17) is 21.9 Å². The van der Waals surface area contributed by atoms with Gasteiger partial charge in [0.1, 0.15) is 96.9 Å². The Morgan fingerprint density at radius 1 is 0.576 bits per heavy atom. The summed E-state index contributed by atoms with van der Waals surface area (Å²) in [6, 6.07) is -2.99. The van der Waals surface area contributed by atoms with Gasteiger partial charge in [-0.05, 0) is 92.3 Å². The first kappa shape index (κ1) is 109. The molecule has 18 amide bonds. The number of unbranched alkanes of at least 4 members (excludes halogenated alkanes) is 2. The number of hydrogen-bond donors (Lipinski definition) is 18. The van der Waals surface area contributed by atoms with Gasteiger partial charge in [0.05, 0.1) is 50.6 Å². The summed E-state index contributed by atoms with van der Waals surface area (Å²) in [5.41, 5.74) is 19.2. The molecule has 46 heteroatoms. The molecule has 0 radical (unpaired) electrons. The monoisotopic (exact) mass is 1950 g/mol. The van der Waals surface area contributed by atoms with Crippen LogP contribution in [0.3, 0.4) is 0 Å². The maximum Gasteiger partial charge on any atom is 0.323 e. The first-order valence-electron chi connectivity index (χ1n) is 46.2. The lowest BCUT2D eigenvalue weighted by Gasteiger charge is -2.36. The molecule has 0 bridgehead atoms. The number of carbonyl (C=O) groups is 19. The topological polar surface area (TPSA) is 658 Å². The molecule has 6 aromatic rings. The maximum absolute atomic E-state index is 15.9. The fraction of sp³-hybridized carbons (Fsp3) is 0.527. The van der Waals surface area contributed by atoms with Gasteiger partial charge in [-0.25, -0.2) is 4.98 Å². The Labute approximate surface area is 806 Å². The standard InChI is InChI=1S/C93H128N22O23S/c1-10-12-22-71-86(130)103-62(33-50(3)4)82(126)109-69(81(125)99-42-77(96)120)47-139-48-78(121)101-65(34-52-26-28-57(138-9)29-27-52)89(133)110(6)51(5)80(124)106-67(39-76(95)119)92(136)114-32-18-25-72(114)87(131)105-64(37-55-41-97-49-100-55)84(128)102-61(30-31-75(94)118)91(135)115-44-56(117)38-74(115)88(132)104-63(35-53-40-98-60-21-16-14-19-58(53)60)83(127)108-68(46-116)85(129)107-66(90(134)112(8)73(23-13-11-2)93(137)111(71)7)36-54-43-113(45-79(122)123)70-24-17-15-20-59(54)70/h14-17,19-21,24,26-29,40-41,43,49-51,56,61-69,71-74,98,116-117H,10-13,18,22-23,25,30-39,42,44-48H2,1-9H3,(H2,94,118)(H2,95,119)(H2,96,120)(H,97,100)(H,99,125)(H,101,121)(H,102,128)(H,103,130)(H,104,132)(H,105,131)(H,106,124)(H,107,129)(H,108,127)(H,109,126)(H,122,123)/t51-,56+,61-,62-,63-,64-,65-,66-,67-,68-,69-,71-,72-,73-,74-/m0/s1. The van der Waals surface area contributed by atoms with Crippen molar-refractivity contribution < 1.29 is 111 Å². The molecule has 0 spiro atoms. The van der Waals surface area contributed by atoms with E-state index < -0.39 is 279 Å². The molecule has 45 nitrogen and oxygen atoms in total. The average Bonchev–Trinajstić information content (AvgIpc) is 1.64. The van der Waals surface area contributed by atoms with E-state index in [2.05, 4.69) is 68.1 Å². The van der Waals surface area contributed by atoms with Crippen molar-refractivity contribution in [2.75, 3.05) is 66.0 Å². The van der Waals surface area contributed by atoms with E-state index in [1.165, 1.54) is 58.5 Å². The molecule has 21 N–H and O–H groups in total. The van der Waals surface area contributed by atoms with Crippen LogP contribution in [0.4, 0.5) is 0 Å². The van der Waals surface area contributed by atoms with E-state index in [0.29, 0.717) is 63.5 Å². The molecule has 0 saturated carbocycles.